The molecule has 0 bridgehead atoms. The summed E-state index contributed by atoms with van der Waals surface area (Å²) < 4.78 is 7.03. The third-order valence-corrected chi connectivity index (χ3v) is 4.61. The molecule has 1 atom stereocenters. The van der Waals surface area contributed by atoms with E-state index >= 15 is 0 Å². The van der Waals surface area contributed by atoms with Crippen LogP contribution in [0.4, 0.5) is 5.82 Å². The second-order valence-electron chi connectivity index (χ2n) is 6.00. The molecule has 128 valence electrons. The van der Waals surface area contributed by atoms with Crippen LogP contribution in [0.2, 0.25) is 0 Å². The van der Waals surface area contributed by atoms with Gasteiger partial charge < -0.3 is 10.1 Å². The number of ether oxygens (including phenoxy) is 1. The number of aromatic amines is 1. The molecule has 4 rings (SSSR count). The summed E-state index contributed by atoms with van der Waals surface area (Å²) in [5.74, 6) is 1.51. The van der Waals surface area contributed by atoms with Gasteiger partial charge in [-0.2, -0.15) is 10.2 Å². The van der Waals surface area contributed by atoms with Gasteiger partial charge in [-0.15, -0.1) is 0 Å². The van der Waals surface area contributed by atoms with Crippen LogP contribution >= 0.6 is 0 Å². The number of nitrogens with one attached hydrogen (secondary N) is 2. The summed E-state index contributed by atoms with van der Waals surface area (Å²) in [6.45, 7) is 2.71. The lowest BCUT2D eigenvalue weighted by atomic mass is 9.86. The van der Waals surface area contributed by atoms with Gasteiger partial charge in [-0.05, 0) is 31.2 Å². The summed E-state index contributed by atoms with van der Waals surface area (Å²) >= 11 is 0. The van der Waals surface area contributed by atoms with Gasteiger partial charge in [0, 0.05) is 35.6 Å². The van der Waals surface area contributed by atoms with Crippen LogP contribution in [0.15, 0.2) is 36.7 Å². The molecule has 0 radical (unpaired) electrons. The third kappa shape index (κ3) is 2.57. The van der Waals surface area contributed by atoms with E-state index in [0.29, 0.717) is 13.0 Å². The van der Waals surface area contributed by atoms with Gasteiger partial charge in [-0.1, -0.05) is 0 Å². The Hall–Kier alpha value is -3.09. The minimum atomic E-state index is -0.0695. The maximum Gasteiger partial charge on any atom is 0.226 e. The van der Waals surface area contributed by atoms with Crippen molar-refractivity contribution >= 4 is 11.7 Å². The van der Waals surface area contributed by atoms with Gasteiger partial charge in [0.2, 0.25) is 5.91 Å². The molecule has 1 unspecified atom stereocenters. The largest absolute Gasteiger partial charge is 0.497 e. The van der Waals surface area contributed by atoms with E-state index in [2.05, 4.69) is 20.6 Å². The van der Waals surface area contributed by atoms with E-state index in [1.54, 1.807) is 13.3 Å². The topological polar surface area (TPSA) is 84.8 Å². The second-order valence-corrected chi connectivity index (χ2v) is 6.00. The van der Waals surface area contributed by atoms with Gasteiger partial charge in [0.15, 0.2) is 0 Å². The Morgan fingerprint density at radius 1 is 1.24 bits per heavy atom. The van der Waals surface area contributed by atoms with Crippen LogP contribution in [0.5, 0.6) is 5.75 Å². The summed E-state index contributed by atoms with van der Waals surface area (Å²) in [6, 6.07) is 7.78. The molecule has 1 aromatic carbocycles. The average molecular weight is 337 g/mol. The Kier molecular flexibility index (Phi) is 3.76. The fourth-order valence-corrected chi connectivity index (χ4v) is 3.34. The first-order valence-electron chi connectivity index (χ1n) is 8.24. The van der Waals surface area contributed by atoms with E-state index in [4.69, 9.17) is 4.74 Å². The number of rotatable bonds is 4. The van der Waals surface area contributed by atoms with Crippen LogP contribution in [0.1, 0.15) is 30.4 Å². The number of benzene rings is 1. The first kappa shape index (κ1) is 15.4. The van der Waals surface area contributed by atoms with E-state index in [0.717, 1.165) is 34.0 Å². The predicted molar refractivity (Wildman–Crippen MR) is 93.6 cm³/mol. The third-order valence-electron chi connectivity index (χ3n) is 4.61. The lowest BCUT2D eigenvalue weighted by Gasteiger charge is -2.23. The molecule has 0 fully saturated rings. The molecule has 0 saturated heterocycles. The number of carbonyl (C=O) groups excluding carboxylic acids is 1. The van der Waals surface area contributed by atoms with Crippen molar-refractivity contribution in [1.29, 1.82) is 0 Å². The number of amides is 1. The van der Waals surface area contributed by atoms with Crippen molar-refractivity contribution in [3.05, 3.63) is 47.8 Å². The van der Waals surface area contributed by atoms with E-state index in [-0.39, 0.29) is 11.8 Å². The van der Waals surface area contributed by atoms with Gasteiger partial charge >= 0.3 is 0 Å². The molecule has 0 aliphatic carbocycles. The van der Waals surface area contributed by atoms with Crippen molar-refractivity contribution in [2.75, 3.05) is 12.4 Å². The zero-order valence-electron chi connectivity index (χ0n) is 14.1. The Bertz CT molecular complexity index is 910. The van der Waals surface area contributed by atoms with Gasteiger partial charge in [0.05, 0.1) is 25.2 Å². The van der Waals surface area contributed by atoms with Crippen LogP contribution in [-0.4, -0.2) is 33.0 Å². The normalized spacial score (nSPS) is 16.4. The highest BCUT2D eigenvalue weighted by molar-refractivity contribution is 5.94. The number of hydrogen-bond donors (Lipinski definition) is 2. The predicted octanol–water partition coefficient (Wildman–Crippen LogP) is 2.78. The van der Waals surface area contributed by atoms with Gasteiger partial charge in [-0.3, -0.25) is 9.89 Å². The molecule has 7 heteroatoms. The first-order chi connectivity index (χ1) is 12.2. The summed E-state index contributed by atoms with van der Waals surface area (Å²) in [4.78, 5) is 12.2. The Labute approximate surface area is 145 Å². The molecule has 2 aromatic heterocycles. The molecule has 2 N–H and O–H groups in total. The highest BCUT2D eigenvalue weighted by atomic mass is 16.5. The highest BCUT2D eigenvalue weighted by Gasteiger charge is 2.32. The van der Waals surface area contributed by atoms with Crippen LogP contribution in [-0.2, 0) is 11.3 Å². The van der Waals surface area contributed by atoms with Crippen LogP contribution in [0.25, 0.3) is 11.3 Å². The fourth-order valence-electron chi connectivity index (χ4n) is 3.34. The number of H-pyrrole nitrogens is 1. The summed E-state index contributed by atoms with van der Waals surface area (Å²) in [5.41, 5.74) is 3.94. The molecule has 7 nitrogen and oxygen atoms in total. The summed E-state index contributed by atoms with van der Waals surface area (Å²) in [7, 11) is 1.64. The van der Waals surface area contributed by atoms with Crippen LogP contribution in [0, 0.1) is 0 Å². The zero-order chi connectivity index (χ0) is 17.4. The molecule has 0 spiro atoms. The maximum absolute atomic E-state index is 12.2. The Morgan fingerprint density at radius 3 is 2.76 bits per heavy atom. The minimum absolute atomic E-state index is 0.00502. The fraction of sp³-hybridized carbons (Fsp3) is 0.278. The minimum Gasteiger partial charge on any atom is -0.497 e. The quantitative estimate of drug-likeness (QED) is 0.767. The van der Waals surface area contributed by atoms with Gasteiger partial charge in [0.25, 0.3) is 0 Å². The smallest absolute Gasteiger partial charge is 0.226 e. The molecule has 1 aliphatic rings. The molecule has 1 aliphatic heterocycles. The number of nitrogens with zero attached hydrogens (tertiary/aromatic N) is 3. The molecule has 3 heterocycles. The molecule has 0 saturated carbocycles. The molecule has 1 amide bonds. The van der Waals surface area contributed by atoms with E-state index in [1.165, 1.54) is 0 Å². The van der Waals surface area contributed by atoms with Crippen LogP contribution in [0.3, 0.4) is 0 Å². The highest BCUT2D eigenvalue weighted by Crippen LogP contribution is 2.40. The average Bonchev–Trinajstić information content (AvgIpc) is 3.28. The van der Waals surface area contributed by atoms with Crippen molar-refractivity contribution < 1.29 is 9.53 Å². The molecular weight excluding hydrogens is 318 g/mol. The monoisotopic (exact) mass is 337 g/mol. The van der Waals surface area contributed by atoms with Crippen molar-refractivity contribution in [3.8, 4) is 17.0 Å². The van der Waals surface area contributed by atoms with Crippen molar-refractivity contribution in [2.45, 2.75) is 25.8 Å². The van der Waals surface area contributed by atoms with E-state index in [9.17, 15) is 4.79 Å². The van der Waals surface area contributed by atoms with Crippen molar-refractivity contribution in [1.82, 2.24) is 20.0 Å². The Balaban J connectivity index is 1.77. The summed E-state index contributed by atoms with van der Waals surface area (Å²) in [6.07, 6.45) is 4.02. The number of carbonyl (C=O) groups is 1. The Morgan fingerprint density at radius 2 is 2.04 bits per heavy atom. The SMILES string of the molecule is CCn1ncc2c1NC(=O)CC2c1cn[nH]c1-c1ccc(OC)cc1. The van der Waals surface area contributed by atoms with Crippen LogP contribution < -0.4 is 10.1 Å². The van der Waals surface area contributed by atoms with Gasteiger partial charge in [0.1, 0.15) is 11.6 Å². The first-order valence-corrected chi connectivity index (χ1v) is 8.24. The summed E-state index contributed by atoms with van der Waals surface area (Å²) in [5, 5.41) is 14.6. The number of aromatic nitrogens is 4. The lowest BCUT2D eigenvalue weighted by Crippen LogP contribution is -2.24. The number of fused-ring (bicyclic) bond motifs is 1. The number of aryl methyl sites for hydroxylation is 1. The second kappa shape index (κ2) is 6.08. The van der Waals surface area contributed by atoms with E-state index < -0.39 is 0 Å². The molecular formula is C18H19N5O2. The number of anilines is 1. The molecule has 3 aromatic rings. The van der Waals surface area contributed by atoms with Gasteiger partial charge in [-0.25, -0.2) is 4.68 Å². The number of methoxy groups -OCH3 is 1. The lowest BCUT2D eigenvalue weighted by molar-refractivity contribution is -0.116. The van der Waals surface area contributed by atoms with E-state index in [1.807, 2.05) is 42.1 Å². The molecule has 25 heavy (non-hydrogen) atoms. The zero-order valence-corrected chi connectivity index (χ0v) is 14.1. The standard InChI is InChI=1S/C18H19N5O2/c1-3-23-18-15(10-20-23)13(8-16(24)21-18)14-9-19-22-17(14)11-4-6-12(25-2)7-5-11/h4-7,9-10,13H,3,8H2,1-2H3,(H,19,22)(H,21,24). The number of hydrogen-bond acceptors (Lipinski definition) is 4. The van der Waals surface area contributed by atoms with Crippen molar-refractivity contribution in [3.63, 3.8) is 0 Å². The maximum atomic E-state index is 12.2. The van der Waals surface area contributed by atoms with Crippen molar-refractivity contribution in [2.24, 2.45) is 0 Å².